The molecule has 1 unspecified atom stereocenters. The molecule has 2 rings (SSSR count). The van der Waals surface area contributed by atoms with Crippen LogP contribution in [0.1, 0.15) is 5.56 Å². The van der Waals surface area contributed by atoms with Gasteiger partial charge in [0.2, 0.25) is 0 Å². The minimum atomic E-state index is -0.0208. The number of benzene rings is 1. The van der Waals surface area contributed by atoms with E-state index in [1.165, 1.54) is 3.57 Å². The van der Waals surface area contributed by atoms with Gasteiger partial charge in [-0.15, -0.1) is 0 Å². The van der Waals surface area contributed by atoms with Gasteiger partial charge in [0.05, 0.1) is 0 Å². The van der Waals surface area contributed by atoms with E-state index in [1.54, 1.807) is 6.07 Å². The maximum absolute atomic E-state index is 9.43. The summed E-state index contributed by atoms with van der Waals surface area (Å²) in [4.78, 5) is 0. The van der Waals surface area contributed by atoms with Gasteiger partial charge in [0, 0.05) is 0 Å². The average Bonchev–Trinajstić information content (AvgIpc) is 2.31. The zero-order chi connectivity index (χ0) is 7.84. The first-order valence-corrected chi connectivity index (χ1v) is 5.81. The van der Waals surface area contributed by atoms with E-state index >= 15 is 0 Å². The molecule has 0 radical (unpaired) electrons. The standard InChI is InChI=1S/C7H8INOP/c10-7-3-1-2-6-5(7)4-9(11)8-6/h1-3,10H,4,11H2/q-1. The molecule has 0 spiro atoms. The van der Waals surface area contributed by atoms with Crippen LogP contribution in [-0.4, -0.2) is 7.99 Å². The van der Waals surface area contributed by atoms with Gasteiger partial charge in [-0.1, -0.05) is 0 Å². The Morgan fingerprint density at radius 2 is 2.36 bits per heavy atom. The van der Waals surface area contributed by atoms with Crippen LogP contribution in [0.5, 0.6) is 5.75 Å². The van der Waals surface area contributed by atoms with Crippen LogP contribution in [0.4, 0.5) is 0 Å². The van der Waals surface area contributed by atoms with Crippen molar-refractivity contribution in [1.82, 2.24) is 2.88 Å². The number of phenolic OH excluding ortho intramolecular Hbond substituents is 1. The average molecular weight is 280 g/mol. The summed E-state index contributed by atoms with van der Waals surface area (Å²) < 4.78 is 3.56. The summed E-state index contributed by atoms with van der Waals surface area (Å²) in [6, 6.07) is 5.77. The van der Waals surface area contributed by atoms with Gasteiger partial charge in [-0.3, -0.25) is 0 Å². The molecule has 0 aromatic heterocycles. The first kappa shape index (κ1) is 7.77. The van der Waals surface area contributed by atoms with Crippen LogP contribution in [-0.2, 0) is 6.54 Å². The molecule has 1 aliphatic rings. The molecule has 1 aliphatic heterocycles. The predicted molar refractivity (Wildman–Crippen MR) is 42.1 cm³/mol. The van der Waals surface area contributed by atoms with Gasteiger partial charge in [-0.25, -0.2) is 0 Å². The second-order valence-electron chi connectivity index (χ2n) is 2.38. The number of hydrogen-bond acceptors (Lipinski definition) is 2. The number of aromatic hydroxyl groups is 1. The fraction of sp³-hybridized carbons (Fsp3) is 0.143. The number of rotatable bonds is 0. The van der Waals surface area contributed by atoms with Crippen molar-refractivity contribution in [3.05, 3.63) is 27.3 Å². The summed E-state index contributed by atoms with van der Waals surface area (Å²) >= 11 is -0.0208. The van der Waals surface area contributed by atoms with Crippen LogP contribution in [0, 0.1) is 3.57 Å². The molecular formula is C7H8INOP-. The second-order valence-corrected chi connectivity index (χ2v) is 6.94. The minimum absolute atomic E-state index is 0.0208. The van der Waals surface area contributed by atoms with Crippen LogP contribution in [0.15, 0.2) is 18.2 Å². The van der Waals surface area contributed by atoms with Gasteiger partial charge >= 0.3 is 78.5 Å². The fourth-order valence-electron chi connectivity index (χ4n) is 1.08. The molecule has 0 bridgehead atoms. The zero-order valence-electron chi connectivity index (χ0n) is 5.79. The predicted octanol–water partition coefficient (Wildman–Crippen LogP) is -1.83. The summed E-state index contributed by atoms with van der Waals surface area (Å²) in [5, 5.41) is 9.43. The number of hydrogen-bond donors (Lipinski definition) is 1. The normalized spacial score (nSPS) is 17.5. The molecular weight excluding hydrogens is 272 g/mol. The molecule has 60 valence electrons. The zero-order valence-corrected chi connectivity index (χ0v) is 9.10. The number of phenols is 1. The van der Waals surface area contributed by atoms with E-state index in [9.17, 15) is 5.11 Å². The van der Waals surface area contributed by atoms with Crippen molar-refractivity contribution >= 4 is 9.39 Å². The number of nitrogens with zero attached hydrogens (tertiary/aromatic N) is 1. The van der Waals surface area contributed by atoms with Gasteiger partial charge in [0.1, 0.15) is 0 Å². The van der Waals surface area contributed by atoms with E-state index in [-0.39, 0.29) is 21.5 Å². The van der Waals surface area contributed by atoms with Crippen LogP contribution >= 0.6 is 9.39 Å². The Kier molecular flexibility index (Phi) is 2.04. The molecule has 0 aliphatic carbocycles. The molecule has 1 N–H and O–H groups in total. The van der Waals surface area contributed by atoms with E-state index in [2.05, 4.69) is 18.3 Å². The van der Waals surface area contributed by atoms with Crippen molar-refractivity contribution in [2.45, 2.75) is 6.54 Å². The fourth-order valence-corrected chi connectivity index (χ4v) is 4.25. The van der Waals surface area contributed by atoms with Crippen molar-refractivity contribution in [3.8, 4) is 5.75 Å². The SMILES string of the molecule is Oc1cccc2c1CN(P)[I-]2. The summed E-state index contributed by atoms with van der Waals surface area (Å²) in [6.07, 6.45) is 0. The molecule has 0 fully saturated rings. The summed E-state index contributed by atoms with van der Waals surface area (Å²) in [6.45, 7) is 0.889. The molecule has 1 atom stereocenters. The molecule has 1 aromatic carbocycles. The Hall–Kier alpha value is 0.140. The van der Waals surface area contributed by atoms with Gasteiger partial charge in [-0.2, -0.15) is 0 Å². The van der Waals surface area contributed by atoms with E-state index in [1.807, 2.05) is 6.07 Å². The van der Waals surface area contributed by atoms with Crippen molar-refractivity contribution in [2.24, 2.45) is 0 Å². The monoisotopic (exact) mass is 280 g/mol. The number of halogens is 1. The molecule has 0 saturated carbocycles. The molecule has 0 saturated heterocycles. The van der Waals surface area contributed by atoms with Crippen molar-refractivity contribution in [3.63, 3.8) is 0 Å². The Morgan fingerprint density at radius 1 is 1.55 bits per heavy atom. The molecule has 1 heterocycles. The van der Waals surface area contributed by atoms with Crippen LogP contribution in [0.2, 0.25) is 0 Å². The third-order valence-electron chi connectivity index (χ3n) is 1.60. The van der Waals surface area contributed by atoms with Crippen molar-refractivity contribution < 1.29 is 26.6 Å². The van der Waals surface area contributed by atoms with Gasteiger partial charge < -0.3 is 0 Å². The van der Waals surface area contributed by atoms with Gasteiger partial charge in [0.15, 0.2) is 0 Å². The van der Waals surface area contributed by atoms with E-state index < -0.39 is 0 Å². The van der Waals surface area contributed by atoms with E-state index in [4.69, 9.17) is 0 Å². The first-order chi connectivity index (χ1) is 5.27. The summed E-state index contributed by atoms with van der Waals surface area (Å²) in [7, 11) is 2.69. The Morgan fingerprint density at radius 3 is 3.09 bits per heavy atom. The first-order valence-electron chi connectivity index (χ1n) is 3.25. The van der Waals surface area contributed by atoms with Gasteiger partial charge in [0.25, 0.3) is 0 Å². The molecule has 1 aromatic rings. The molecule has 4 heteroatoms. The maximum atomic E-state index is 9.43. The topological polar surface area (TPSA) is 23.5 Å². The molecule has 11 heavy (non-hydrogen) atoms. The Labute approximate surface area is 78.5 Å². The summed E-state index contributed by atoms with van der Waals surface area (Å²) in [5.74, 6) is 0.451. The van der Waals surface area contributed by atoms with E-state index in [0.717, 1.165) is 12.1 Å². The van der Waals surface area contributed by atoms with Crippen LogP contribution in [0.3, 0.4) is 0 Å². The third-order valence-corrected chi connectivity index (χ3v) is 4.93. The van der Waals surface area contributed by atoms with Crippen LogP contribution < -0.4 is 21.5 Å². The Balaban J connectivity index is 2.49. The molecule has 2 nitrogen and oxygen atoms in total. The van der Waals surface area contributed by atoms with Crippen molar-refractivity contribution in [1.29, 1.82) is 0 Å². The quantitative estimate of drug-likeness (QED) is 0.343. The van der Waals surface area contributed by atoms with E-state index in [0.29, 0.717) is 5.75 Å². The second kappa shape index (κ2) is 2.88. The number of fused-ring (bicyclic) bond motifs is 1. The van der Waals surface area contributed by atoms with Crippen LogP contribution in [0.25, 0.3) is 0 Å². The van der Waals surface area contributed by atoms with Gasteiger partial charge in [-0.05, 0) is 0 Å². The summed E-state index contributed by atoms with van der Waals surface area (Å²) in [5.41, 5.74) is 1.12. The third kappa shape index (κ3) is 1.37. The van der Waals surface area contributed by atoms with Crippen molar-refractivity contribution in [2.75, 3.05) is 0 Å². The Bertz CT molecular complexity index is 292. The molecule has 0 amide bonds.